The predicted molar refractivity (Wildman–Crippen MR) is 84.8 cm³/mol. The fourth-order valence-corrected chi connectivity index (χ4v) is 2.10. The Kier molecular flexibility index (Phi) is 4.11. The molecule has 0 radical (unpaired) electrons. The number of hydrogen-bond acceptors (Lipinski definition) is 5. The van der Waals surface area contributed by atoms with Crippen molar-refractivity contribution in [3.8, 4) is 11.9 Å². The number of nitrogens with zero attached hydrogens (tertiary/aromatic N) is 3. The largest absolute Gasteiger partial charge is 0.467 e. The first-order chi connectivity index (χ1) is 11.3. The highest BCUT2D eigenvalue weighted by molar-refractivity contribution is 5.93. The zero-order chi connectivity index (χ0) is 16.1. The van der Waals surface area contributed by atoms with Crippen LogP contribution in [-0.2, 0) is 4.79 Å². The van der Waals surface area contributed by atoms with E-state index in [-0.39, 0.29) is 12.5 Å². The Hall–Kier alpha value is -3.46. The van der Waals surface area contributed by atoms with E-state index in [0.717, 1.165) is 10.9 Å². The smallest absolute Gasteiger partial charge is 0.262 e. The van der Waals surface area contributed by atoms with Crippen molar-refractivity contribution in [1.82, 2.24) is 9.97 Å². The van der Waals surface area contributed by atoms with Gasteiger partial charge in [0.25, 0.3) is 5.91 Å². The summed E-state index contributed by atoms with van der Waals surface area (Å²) in [6.45, 7) is -0.208. The SMILES string of the molecule is N#Cc1ccccc1NC(=O)COc1ncnc2ccccc12. The van der Waals surface area contributed by atoms with Gasteiger partial charge in [0.2, 0.25) is 5.88 Å². The number of amides is 1. The van der Waals surface area contributed by atoms with Crippen LogP contribution in [-0.4, -0.2) is 22.5 Å². The molecule has 3 aromatic rings. The molecule has 0 saturated carbocycles. The Morgan fingerprint density at radius 2 is 1.91 bits per heavy atom. The van der Waals surface area contributed by atoms with Crippen LogP contribution in [0.1, 0.15) is 5.56 Å². The van der Waals surface area contributed by atoms with E-state index in [2.05, 4.69) is 15.3 Å². The minimum absolute atomic E-state index is 0.208. The van der Waals surface area contributed by atoms with Crippen LogP contribution in [0.25, 0.3) is 10.9 Å². The molecule has 6 heteroatoms. The van der Waals surface area contributed by atoms with Crippen LogP contribution < -0.4 is 10.1 Å². The molecule has 0 fully saturated rings. The number of fused-ring (bicyclic) bond motifs is 1. The summed E-state index contributed by atoms with van der Waals surface area (Å²) in [4.78, 5) is 20.2. The molecule has 0 aliphatic rings. The average Bonchev–Trinajstić information content (AvgIpc) is 2.60. The first-order valence-corrected chi connectivity index (χ1v) is 6.89. The summed E-state index contributed by atoms with van der Waals surface area (Å²) in [6.07, 6.45) is 1.39. The van der Waals surface area contributed by atoms with Crippen molar-refractivity contribution in [2.75, 3.05) is 11.9 Å². The second-order valence-corrected chi connectivity index (χ2v) is 4.69. The van der Waals surface area contributed by atoms with Gasteiger partial charge < -0.3 is 10.1 Å². The molecule has 1 N–H and O–H groups in total. The average molecular weight is 304 g/mol. The lowest BCUT2D eigenvalue weighted by Gasteiger charge is -2.09. The van der Waals surface area contributed by atoms with Gasteiger partial charge in [0.1, 0.15) is 12.4 Å². The van der Waals surface area contributed by atoms with Gasteiger partial charge >= 0.3 is 0 Å². The maximum Gasteiger partial charge on any atom is 0.262 e. The number of hydrogen-bond donors (Lipinski definition) is 1. The normalized spacial score (nSPS) is 10.0. The molecular formula is C17H12N4O2. The van der Waals surface area contributed by atoms with E-state index in [0.29, 0.717) is 17.1 Å². The van der Waals surface area contributed by atoms with Gasteiger partial charge in [-0.1, -0.05) is 24.3 Å². The standard InChI is InChI=1S/C17H12N4O2/c18-9-12-5-1-3-7-14(12)21-16(22)10-23-17-13-6-2-4-8-15(13)19-11-20-17/h1-8,11H,10H2,(H,21,22). The lowest BCUT2D eigenvalue weighted by molar-refractivity contribution is -0.118. The van der Waals surface area contributed by atoms with Gasteiger partial charge in [-0.05, 0) is 24.3 Å². The third kappa shape index (κ3) is 3.24. The number of ether oxygens (including phenoxy) is 1. The fourth-order valence-electron chi connectivity index (χ4n) is 2.10. The van der Waals surface area contributed by atoms with Crippen molar-refractivity contribution in [1.29, 1.82) is 5.26 Å². The van der Waals surface area contributed by atoms with E-state index in [1.165, 1.54) is 6.33 Å². The quantitative estimate of drug-likeness (QED) is 0.800. The highest BCUT2D eigenvalue weighted by atomic mass is 16.5. The van der Waals surface area contributed by atoms with Crippen molar-refractivity contribution in [3.63, 3.8) is 0 Å². The maximum absolute atomic E-state index is 12.0. The Balaban J connectivity index is 1.70. The predicted octanol–water partition coefficient (Wildman–Crippen LogP) is 2.52. The molecule has 2 aromatic carbocycles. The lowest BCUT2D eigenvalue weighted by Crippen LogP contribution is -2.21. The van der Waals surface area contributed by atoms with Crippen LogP contribution in [0.15, 0.2) is 54.9 Å². The molecule has 6 nitrogen and oxygen atoms in total. The summed E-state index contributed by atoms with van der Waals surface area (Å²) >= 11 is 0. The van der Waals surface area contributed by atoms with E-state index in [4.69, 9.17) is 10.00 Å². The Morgan fingerprint density at radius 1 is 1.13 bits per heavy atom. The molecule has 1 heterocycles. The van der Waals surface area contributed by atoms with E-state index in [1.54, 1.807) is 24.3 Å². The van der Waals surface area contributed by atoms with Gasteiger partial charge in [-0.15, -0.1) is 0 Å². The molecule has 0 saturated heterocycles. The van der Waals surface area contributed by atoms with Gasteiger partial charge in [0.15, 0.2) is 6.61 Å². The van der Waals surface area contributed by atoms with Crippen LogP contribution in [0.3, 0.4) is 0 Å². The van der Waals surface area contributed by atoms with Crippen LogP contribution in [0, 0.1) is 11.3 Å². The molecular weight excluding hydrogens is 292 g/mol. The number of nitriles is 1. The molecule has 0 bridgehead atoms. The Labute approximate surface area is 132 Å². The number of aromatic nitrogens is 2. The monoisotopic (exact) mass is 304 g/mol. The number of benzene rings is 2. The number of carbonyl (C=O) groups is 1. The first-order valence-electron chi connectivity index (χ1n) is 6.89. The second kappa shape index (κ2) is 6.54. The van der Waals surface area contributed by atoms with Crippen LogP contribution >= 0.6 is 0 Å². The number of nitrogens with one attached hydrogen (secondary N) is 1. The summed E-state index contributed by atoms with van der Waals surface area (Å²) in [7, 11) is 0. The van der Waals surface area contributed by atoms with Gasteiger partial charge in [0.05, 0.1) is 22.2 Å². The number of anilines is 1. The van der Waals surface area contributed by atoms with Crippen molar-refractivity contribution >= 4 is 22.5 Å². The Bertz CT molecular complexity index is 897. The molecule has 1 amide bonds. The summed E-state index contributed by atoms with van der Waals surface area (Å²) in [5, 5.41) is 12.4. The molecule has 0 aliphatic carbocycles. The third-order valence-electron chi connectivity index (χ3n) is 3.17. The summed E-state index contributed by atoms with van der Waals surface area (Å²) in [5.74, 6) is -0.0188. The topological polar surface area (TPSA) is 87.9 Å². The van der Waals surface area contributed by atoms with E-state index in [1.807, 2.05) is 30.3 Å². The summed E-state index contributed by atoms with van der Waals surface area (Å²) in [6, 6.07) is 16.2. The lowest BCUT2D eigenvalue weighted by atomic mass is 10.2. The molecule has 0 spiro atoms. The minimum atomic E-state index is -0.365. The van der Waals surface area contributed by atoms with Crippen LogP contribution in [0.4, 0.5) is 5.69 Å². The second-order valence-electron chi connectivity index (χ2n) is 4.69. The van der Waals surface area contributed by atoms with Gasteiger partial charge in [-0.2, -0.15) is 5.26 Å². The van der Waals surface area contributed by atoms with E-state index < -0.39 is 0 Å². The fraction of sp³-hybridized carbons (Fsp3) is 0.0588. The summed E-state index contributed by atoms with van der Waals surface area (Å²) in [5.41, 5.74) is 1.59. The van der Waals surface area contributed by atoms with Crippen LogP contribution in [0.5, 0.6) is 5.88 Å². The highest BCUT2D eigenvalue weighted by Crippen LogP contribution is 2.20. The van der Waals surface area contributed by atoms with Crippen molar-refractivity contribution in [3.05, 3.63) is 60.4 Å². The van der Waals surface area contributed by atoms with Gasteiger partial charge in [0, 0.05) is 0 Å². The minimum Gasteiger partial charge on any atom is -0.467 e. The molecule has 23 heavy (non-hydrogen) atoms. The molecule has 1 aromatic heterocycles. The zero-order valence-electron chi connectivity index (χ0n) is 12.1. The van der Waals surface area contributed by atoms with E-state index >= 15 is 0 Å². The van der Waals surface area contributed by atoms with Crippen molar-refractivity contribution < 1.29 is 9.53 Å². The number of rotatable bonds is 4. The van der Waals surface area contributed by atoms with Crippen molar-refractivity contribution in [2.45, 2.75) is 0 Å². The maximum atomic E-state index is 12.0. The first kappa shape index (κ1) is 14.5. The molecule has 112 valence electrons. The molecule has 0 unspecified atom stereocenters. The molecule has 3 rings (SSSR count). The highest BCUT2D eigenvalue weighted by Gasteiger charge is 2.09. The Morgan fingerprint density at radius 3 is 2.78 bits per heavy atom. The van der Waals surface area contributed by atoms with Crippen LogP contribution in [0.2, 0.25) is 0 Å². The van der Waals surface area contributed by atoms with Gasteiger partial charge in [-0.3, -0.25) is 4.79 Å². The zero-order valence-corrected chi connectivity index (χ0v) is 12.1. The molecule has 0 atom stereocenters. The summed E-state index contributed by atoms with van der Waals surface area (Å²) < 4.78 is 5.48. The van der Waals surface area contributed by atoms with Gasteiger partial charge in [-0.25, -0.2) is 9.97 Å². The number of para-hydroxylation sites is 2. The molecule has 0 aliphatic heterocycles. The third-order valence-corrected chi connectivity index (χ3v) is 3.17. The van der Waals surface area contributed by atoms with Crippen molar-refractivity contribution in [2.24, 2.45) is 0 Å². The van der Waals surface area contributed by atoms with E-state index in [9.17, 15) is 4.79 Å². The number of carbonyl (C=O) groups excluding carboxylic acids is 1.